The molecule has 1 amide bonds. The highest BCUT2D eigenvalue weighted by molar-refractivity contribution is 6.34. The highest BCUT2D eigenvalue weighted by atomic mass is 35.5. The first kappa shape index (κ1) is 16.2. The Morgan fingerprint density at radius 1 is 1.55 bits per heavy atom. The number of rotatable bonds is 6. The molecule has 0 saturated heterocycles. The monoisotopic (exact) mass is 299 g/mol. The van der Waals surface area contributed by atoms with E-state index >= 15 is 0 Å². The molecule has 1 aromatic rings. The number of nitrogens with two attached hydrogens (primary N) is 1. The molecule has 0 aliphatic rings. The fraction of sp³-hybridized carbons (Fsp3) is 0.462. The Bertz CT molecular complexity index is 520. The molecule has 0 fully saturated rings. The molecular weight excluding hydrogens is 282 g/mol. The van der Waals surface area contributed by atoms with Crippen LogP contribution in [0.4, 0.5) is 11.4 Å². The average molecular weight is 300 g/mol. The molecule has 0 aliphatic carbocycles. The van der Waals surface area contributed by atoms with Gasteiger partial charge in [0.05, 0.1) is 21.2 Å². The Kier molecular flexibility index (Phi) is 5.76. The molecular formula is C13H18ClN3O3. The first-order valence-electron chi connectivity index (χ1n) is 6.41. The zero-order valence-electron chi connectivity index (χ0n) is 11.5. The molecule has 1 atom stereocenters. The summed E-state index contributed by atoms with van der Waals surface area (Å²) in [5.41, 5.74) is 5.55. The number of halogens is 1. The van der Waals surface area contributed by atoms with E-state index in [2.05, 4.69) is 12.2 Å². The van der Waals surface area contributed by atoms with Gasteiger partial charge in [-0.05, 0) is 13.3 Å². The van der Waals surface area contributed by atoms with E-state index in [0.29, 0.717) is 0 Å². The Balaban J connectivity index is 2.94. The molecule has 1 rings (SSSR count). The molecule has 110 valence electrons. The van der Waals surface area contributed by atoms with Crippen LogP contribution < -0.4 is 11.1 Å². The lowest BCUT2D eigenvalue weighted by molar-refractivity contribution is -0.384. The van der Waals surface area contributed by atoms with Crippen LogP contribution in [-0.2, 0) is 0 Å². The van der Waals surface area contributed by atoms with Gasteiger partial charge in [0, 0.05) is 18.2 Å². The predicted octanol–water partition coefficient (Wildman–Crippen LogP) is 3.14. The van der Waals surface area contributed by atoms with E-state index in [-0.39, 0.29) is 28.0 Å². The fourth-order valence-electron chi connectivity index (χ4n) is 1.78. The van der Waals surface area contributed by atoms with Gasteiger partial charge in [0.15, 0.2) is 0 Å². The van der Waals surface area contributed by atoms with Crippen molar-refractivity contribution >= 4 is 28.9 Å². The van der Waals surface area contributed by atoms with Crippen molar-refractivity contribution in [1.29, 1.82) is 0 Å². The molecule has 20 heavy (non-hydrogen) atoms. The van der Waals surface area contributed by atoms with Gasteiger partial charge in [-0.2, -0.15) is 0 Å². The number of nitrogen functional groups attached to an aromatic ring is 1. The van der Waals surface area contributed by atoms with E-state index in [1.807, 2.05) is 6.92 Å². The molecule has 6 nitrogen and oxygen atoms in total. The van der Waals surface area contributed by atoms with Crippen LogP contribution in [-0.4, -0.2) is 16.9 Å². The topological polar surface area (TPSA) is 98.3 Å². The number of anilines is 1. The van der Waals surface area contributed by atoms with Gasteiger partial charge < -0.3 is 11.1 Å². The first-order valence-corrected chi connectivity index (χ1v) is 6.78. The Hall–Kier alpha value is -1.82. The Morgan fingerprint density at radius 3 is 2.75 bits per heavy atom. The summed E-state index contributed by atoms with van der Waals surface area (Å²) in [7, 11) is 0. The van der Waals surface area contributed by atoms with E-state index in [0.717, 1.165) is 31.4 Å². The SMILES string of the molecule is CCCCC(C)NC(=O)c1cc([N+](=O)[O-])cc(Cl)c1N. The van der Waals surface area contributed by atoms with Gasteiger partial charge in [0.2, 0.25) is 0 Å². The normalized spacial score (nSPS) is 11.9. The molecule has 0 aliphatic heterocycles. The van der Waals surface area contributed by atoms with Gasteiger partial charge in [0.25, 0.3) is 11.6 Å². The van der Waals surface area contributed by atoms with E-state index < -0.39 is 10.8 Å². The first-order chi connectivity index (χ1) is 9.36. The molecule has 1 unspecified atom stereocenters. The maximum Gasteiger partial charge on any atom is 0.271 e. The van der Waals surface area contributed by atoms with E-state index in [9.17, 15) is 14.9 Å². The maximum absolute atomic E-state index is 12.1. The maximum atomic E-state index is 12.1. The average Bonchev–Trinajstić information content (AvgIpc) is 2.38. The predicted molar refractivity (Wildman–Crippen MR) is 79.0 cm³/mol. The van der Waals surface area contributed by atoms with E-state index in [1.54, 1.807) is 0 Å². The van der Waals surface area contributed by atoms with Crippen molar-refractivity contribution in [3.8, 4) is 0 Å². The summed E-state index contributed by atoms with van der Waals surface area (Å²) in [5, 5.41) is 13.5. The number of nitrogens with zero attached hydrogens (tertiary/aromatic N) is 1. The van der Waals surface area contributed by atoms with Crippen LogP contribution in [0.5, 0.6) is 0 Å². The summed E-state index contributed by atoms with van der Waals surface area (Å²) in [4.78, 5) is 22.3. The zero-order chi connectivity index (χ0) is 15.3. The minimum Gasteiger partial charge on any atom is -0.397 e. The number of carbonyl (C=O) groups is 1. The highest BCUT2D eigenvalue weighted by Gasteiger charge is 2.19. The zero-order valence-corrected chi connectivity index (χ0v) is 12.2. The van der Waals surface area contributed by atoms with Crippen molar-refractivity contribution < 1.29 is 9.72 Å². The molecule has 0 aromatic heterocycles. The van der Waals surface area contributed by atoms with E-state index in [4.69, 9.17) is 17.3 Å². The third kappa shape index (κ3) is 4.09. The van der Waals surface area contributed by atoms with Crippen LogP contribution in [0.15, 0.2) is 12.1 Å². The van der Waals surface area contributed by atoms with Crippen LogP contribution in [0.3, 0.4) is 0 Å². The van der Waals surface area contributed by atoms with Crippen LogP contribution in [0.2, 0.25) is 5.02 Å². The standard InChI is InChI=1S/C13H18ClN3O3/c1-3-4-5-8(2)16-13(18)10-6-9(17(19)20)7-11(14)12(10)15/h6-8H,3-5,15H2,1-2H3,(H,16,18). The molecule has 0 bridgehead atoms. The summed E-state index contributed by atoms with van der Waals surface area (Å²) in [6.07, 6.45) is 2.86. The van der Waals surface area contributed by atoms with Crippen LogP contribution in [0, 0.1) is 10.1 Å². The number of carbonyl (C=O) groups excluding carboxylic acids is 1. The van der Waals surface area contributed by atoms with Crippen LogP contribution in [0.1, 0.15) is 43.5 Å². The lowest BCUT2D eigenvalue weighted by Crippen LogP contribution is -2.33. The number of amides is 1. The molecule has 1 aromatic carbocycles. The summed E-state index contributed by atoms with van der Waals surface area (Å²) in [6, 6.07) is 2.25. The third-order valence-corrected chi connectivity index (χ3v) is 3.25. The second-order valence-electron chi connectivity index (χ2n) is 4.66. The van der Waals surface area contributed by atoms with Gasteiger partial charge in [-0.25, -0.2) is 0 Å². The van der Waals surface area contributed by atoms with Crippen LogP contribution >= 0.6 is 11.6 Å². The van der Waals surface area contributed by atoms with Gasteiger partial charge in [-0.3, -0.25) is 14.9 Å². The third-order valence-electron chi connectivity index (χ3n) is 2.94. The number of nitro groups is 1. The summed E-state index contributed by atoms with van der Waals surface area (Å²) in [5.74, 6) is -0.447. The summed E-state index contributed by atoms with van der Waals surface area (Å²) < 4.78 is 0. The number of benzene rings is 1. The van der Waals surface area contributed by atoms with Gasteiger partial charge in [0.1, 0.15) is 0 Å². The number of non-ortho nitro benzene ring substituents is 1. The van der Waals surface area contributed by atoms with Crippen molar-refractivity contribution in [3.63, 3.8) is 0 Å². The van der Waals surface area contributed by atoms with E-state index in [1.165, 1.54) is 0 Å². The fourth-order valence-corrected chi connectivity index (χ4v) is 1.99. The number of unbranched alkanes of at least 4 members (excludes halogenated alkanes) is 1. The Morgan fingerprint density at radius 2 is 2.20 bits per heavy atom. The molecule has 0 radical (unpaired) electrons. The van der Waals surface area contributed by atoms with Crippen molar-refractivity contribution in [2.45, 2.75) is 39.2 Å². The lowest BCUT2D eigenvalue weighted by atomic mass is 10.1. The molecule has 7 heteroatoms. The second-order valence-corrected chi connectivity index (χ2v) is 5.07. The second kappa shape index (κ2) is 7.09. The van der Waals surface area contributed by atoms with Gasteiger partial charge >= 0.3 is 0 Å². The Labute approximate surface area is 122 Å². The smallest absolute Gasteiger partial charge is 0.271 e. The van der Waals surface area contributed by atoms with Crippen molar-refractivity contribution in [2.75, 3.05) is 5.73 Å². The number of nitro benzene ring substituents is 1. The number of hydrogen-bond donors (Lipinski definition) is 2. The highest BCUT2D eigenvalue weighted by Crippen LogP contribution is 2.28. The minimum absolute atomic E-state index is 0.00515. The van der Waals surface area contributed by atoms with Crippen LogP contribution in [0.25, 0.3) is 0 Å². The molecule has 0 spiro atoms. The molecule has 0 heterocycles. The van der Waals surface area contributed by atoms with Gasteiger partial charge in [-0.1, -0.05) is 31.4 Å². The molecule has 3 N–H and O–H groups in total. The number of hydrogen-bond acceptors (Lipinski definition) is 4. The van der Waals surface area contributed by atoms with Crippen molar-refractivity contribution in [3.05, 3.63) is 32.8 Å². The minimum atomic E-state index is -0.609. The largest absolute Gasteiger partial charge is 0.397 e. The lowest BCUT2D eigenvalue weighted by Gasteiger charge is -2.14. The van der Waals surface area contributed by atoms with Crippen molar-refractivity contribution in [1.82, 2.24) is 5.32 Å². The molecule has 0 saturated carbocycles. The quantitative estimate of drug-likeness (QED) is 0.479. The number of nitrogens with one attached hydrogen (secondary N) is 1. The summed E-state index contributed by atoms with van der Waals surface area (Å²) >= 11 is 5.82. The summed E-state index contributed by atoms with van der Waals surface area (Å²) in [6.45, 7) is 3.94. The van der Waals surface area contributed by atoms with Crippen molar-refractivity contribution in [2.24, 2.45) is 0 Å². The van der Waals surface area contributed by atoms with Gasteiger partial charge in [-0.15, -0.1) is 0 Å².